The summed E-state index contributed by atoms with van der Waals surface area (Å²) in [6.45, 7) is 3.56. The molecule has 8 nitrogen and oxygen atoms in total. The number of aromatic hydroxyl groups is 1. The van der Waals surface area contributed by atoms with Crippen molar-refractivity contribution in [3.05, 3.63) is 61.6 Å². The molecule has 0 aliphatic carbocycles. The van der Waals surface area contributed by atoms with Crippen molar-refractivity contribution in [2.75, 3.05) is 6.61 Å². The SMILES string of the molecule is CCOC(=O)c1c(C)sc(-c2c(-c3ccccc3)[nH]c3c2c(=O)[nH]c(=O)n3C)c1O. The maximum Gasteiger partial charge on any atom is 0.343 e. The van der Waals surface area contributed by atoms with Gasteiger partial charge in [-0.3, -0.25) is 14.3 Å². The molecule has 3 N–H and O–H groups in total. The van der Waals surface area contributed by atoms with Crippen molar-refractivity contribution in [3.8, 4) is 27.4 Å². The van der Waals surface area contributed by atoms with Gasteiger partial charge >= 0.3 is 11.7 Å². The Kier molecular flexibility index (Phi) is 4.83. The van der Waals surface area contributed by atoms with Crippen LogP contribution in [0.3, 0.4) is 0 Å². The van der Waals surface area contributed by atoms with Crippen LogP contribution in [0.15, 0.2) is 39.9 Å². The Labute approximate surface area is 174 Å². The zero-order chi connectivity index (χ0) is 21.6. The Hall–Kier alpha value is -3.59. The van der Waals surface area contributed by atoms with Gasteiger partial charge in [0.25, 0.3) is 5.56 Å². The van der Waals surface area contributed by atoms with E-state index in [1.54, 1.807) is 20.9 Å². The van der Waals surface area contributed by atoms with Gasteiger partial charge in [-0.2, -0.15) is 0 Å². The van der Waals surface area contributed by atoms with Crippen molar-refractivity contribution in [1.29, 1.82) is 0 Å². The first kappa shape index (κ1) is 19.7. The number of rotatable bonds is 4. The molecule has 3 aromatic heterocycles. The second kappa shape index (κ2) is 7.34. The number of esters is 1. The van der Waals surface area contributed by atoms with Gasteiger partial charge in [0.05, 0.1) is 22.6 Å². The Balaban J connectivity index is 2.13. The van der Waals surface area contributed by atoms with Gasteiger partial charge in [-0.1, -0.05) is 30.3 Å². The fourth-order valence-electron chi connectivity index (χ4n) is 3.50. The van der Waals surface area contributed by atoms with Crippen LogP contribution in [-0.2, 0) is 11.8 Å². The Morgan fingerprint density at radius 1 is 1.20 bits per heavy atom. The Morgan fingerprint density at radius 2 is 1.90 bits per heavy atom. The predicted octanol–water partition coefficient (Wildman–Crippen LogP) is 3.14. The first-order valence-electron chi connectivity index (χ1n) is 9.25. The van der Waals surface area contributed by atoms with Crippen LogP contribution in [0.1, 0.15) is 22.2 Å². The number of carbonyl (C=O) groups is 1. The van der Waals surface area contributed by atoms with Crippen molar-refractivity contribution in [2.24, 2.45) is 7.05 Å². The maximum absolute atomic E-state index is 12.8. The first-order valence-corrected chi connectivity index (χ1v) is 10.1. The molecule has 0 saturated heterocycles. The van der Waals surface area contributed by atoms with Gasteiger partial charge in [0.15, 0.2) is 0 Å². The molecule has 0 atom stereocenters. The molecule has 30 heavy (non-hydrogen) atoms. The highest BCUT2D eigenvalue weighted by Gasteiger charge is 2.28. The summed E-state index contributed by atoms with van der Waals surface area (Å²) in [5.41, 5.74) is 1.01. The molecule has 1 aromatic carbocycles. The number of carbonyl (C=O) groups excluding carboxylic acids is 1. The number of nitrogens with zero attached hydrogens (tertiary/aromatic N) is 1. The van der Waals surface area contributed by atoms with E-state index in [2.05, 4.69) is 9.97 Å². The number of ether oxygens (including phenoxy) is 1. The first-order chi connectivity index (χ1) is 14.3. The molecule has 0 radical (unpaired) electrons. The second-order valence-electron chi connectivity index (χ2n) is 6.71. The number of fused-ring (bicyclic) bond motifs is 1. The van der Waals surface area contributed by atoms with E-state index < -0.39 is 17.2 Å². The molecular formula is C21H19N3O5S. The fraction of sp³-hybridized carbons (Fsp3) is 0.190. The molecule has 0 aliphatic rings. The number of aryl methyl sites for hydroxylation is 2. The number of H-pyrrole nitrogens is 2. The molecule has 0 bridgehead atoms. The lowest BCUT2D eigenvalue weighted by atomic mass is 10.0. The fourth-order valence-corrected chi connectivity index (χ4v) is 4.59. The van der Waals surface area contributed by atoms with E-state index in [4.69, 9.17) is 4.74 Å². The highest BCUT2D eigenvalue weighted by atomic mass is 32.1. The molecule has 0 saturated carbocycles. The molecule has 4 rings (SSSR count). The summed E-state index contributed by atoms with van der Waals surface area (Å²) in [6.07, 6.45) is 0. The van der Waals surface area contributed by atoms with Crippen molar-refractivity contribution in [3.63, 3.8) is 0 Å². The molecule has 4 aromatic rings. The lowest BCUT2D eigenvalue weighted by Crippen LogP contribution is -2.28. The van der Waals surface area contributed by atoms with Crippen molar-refractivity contribution in [1.82, 2.24) is 14.5 Å². The summed E-state index contributed by atoms with van der Waals surface area (Å²) in [6, 6.07) is 9.25. The lowest BCUT2D eigenvalue weighted by molar-refractivity contribution is 0.0523. The zero-order valence-electron chi connectivity index (χ0n) is 16.5. The number of benzene rings is 1. The van der Waals surface area contributed by atoms with E-state index in [-0.39, 0.29) is 23.3 Å². The molecule has 154 valence electrons. The topological polar surface area (TPSA) is 117 Å². The lowest BCUT2D eigenvalue weighted by Gasteiger charge is -2.05. The molecule has 3 heterocycles. The smallest absolute Gasteiger partial charge is 0.343 e. The zero-order valence-corrected chi connectivity index (χ0v) is 17.3. The van der Waals surface area contributed by atoms with Crippen LogP contribution in [0.25, 0.3) is 32.7 Å². The number of hydrogen-bond donors (Lipinski definition) is 3. The quantitative estimate of drug-likeness (QED) is 0.434. The van der Waals surface area contributed by atoms with E-state index in [0.29, 0.717) is 26.7 Å². The highest BCUT2D eigenvalue weighted by Crippen LogP contribution is 2.47. The van der Waals surface area contributed by atoms with Crippen LogP contribution in [0.2, 0.25) is 0 Å². The maximum atomic E-state index is 12.8. The van der Waals surface area contributed by atoms with E-state index >= 15 is 0 Å². The van der Waals surface area contributed by atoms with Crippen LogP contribution in [0.4, 0.5) is 0 Å². The molecule has 0 aliphatic heterocycles. The number of aromatic nitrogens is 3. The largest absolute Gasteiger partial charge is 0.505 e. The average Bonchev–Trinajstić information content (AvgIpc) is 3.25. The molecule has 0 amide bonds. The molecule has 0 spiro atoms. The monoisotopic (exact) mass is 425 g/mol. The van der Waals surface area contributed by atoms with Gasteiger partial charge < -0.3 is 14.8 Å². The minimum absolute atomic E-state index is 0.0754. The minimum atomic E-state index is -0.627. The third-order valence-electron chi connectivity index (χ3n) is 4.90. The third kappa shape index (κ3) is 2.94. The molecular weight excluding hydrogens is 406 g/mol. The summed E-state index contributed by atoms with van der Waals surface area (Å²) in [4.78, 5) is 43.6. The van der Waals surface area contributed by atoms with Crippen molar-refractivity contribution in [2.45, 2.75) is 13.8 Å². The van der Waals surface area contributed by atoms with Crippen LogP contribution < -0.4 is 11.2 Å². The molecule has 0 fully saturated rings. The number of aromatic amines is 2. The van der Waals surface area contributed by atoms with Crippen LogP contribution >= 0.6 is 11.3 Å². The summed E-state index contributed by atoms with van der Waals surface area (Å²) >= 11 is 1.18. The minimum Gasteiger partial charge on any atom is -0.505 e. The summed E-state index contributed by atoms with van der Waals surface area (Å²) in [7, 11) is 1.54. The van der Waals surface area contributed by atoms with Gasteiger partial charge in [-0.15, -0.1) is 11.3 Å². The standard InChI is InChI=1S/C21H19N3O5S/c1-4-29-20(27)12-10(2)30-17(16(12)25)13-14-18(24(3)21(28)23-19(14)26)22-15(13)11-8-6-5-7-9-11/h5-9,22,25H,4H2,1-3H3,(H,23,26,28). The number of hydrogen-bond acceptors (Lipinski definition) is 6. The highest BCUT2D eigenvalue weighted by molar-refractivity contribution is 7.16. The van der Waals surface area contributed by atoms with Crippen molar-refractivity contribution >= 4 is 28.3 Å². The summed E-state index contributed by atoms with van der Waals surface area (Å²) in [5, 5.41) is 11.2. The van der Waals surface area contributed by atoms with Crippen molar-refractivity contribution < 1.29 is 14.6 Å². The van der Waals surface area contributed by atoms with E-state index in [1.165, 1.54) is 15.9 Å². The summed E-state index contributed by atoms with van der Waals surface area (Å²) < 4.78 is 6.37. The van der Waals surface area contributed by atoms with Crippen LogP contribution in [0, 0.1) is 6.92 Å². The third-order valence-corrected chi connectivity index (χ3v) is 6.01. The van der Waals surface area contributed by atoms with E-state index in [1.807, 2.05) is 30.3 Å². The van der Waals surface area contributed by atoms with Gasteiger partial charge in [0.1, 0.15) is 17.0 Å². The Morgan fingerprint density at radius 3 is 2.57 bits per heavy atom. The predicted molar refractivity (Wildman–Crippen MR) is 115 cm³/mol. The van der Waals surface area contributed by atoms with Gasteiger partial charge in [-0.25, -0.2) is 9.59 Å². The average molecular weight is 425 g/mol. The van der Waals surface area contributed by atoms with Gasteiger partial charge in [0, 0.05) is 17.5 Å². The van der Waals surface area contributed by atoms with Crippen LogP contribution in [-0.4, -0.2) is 32.2 Å². The van der Waals surface area contributed by atoms with Gasteiger partial charge in [0.2, 0.25) is 0 Å². The molecule has 0 unspecified atom stereocenters. The van der Waals surface area contributed by atoms with E-state index in [9.17, 15) is 19.5 Å². The van der Waals surface area contributed by atoms with Crippen LogP contribution in [0.5, 0.6) is 5.75 Å². The number of nitrogens with one attached hydrogen (secondary N) is 2. The second-order valence-corrected chi connectivity index (χ2v) is 7.94. The Bertz CT molecular complexity index is 1390. The molecule has 9 heteroatoms. The normalized spacial score (nSPS) is 11.2. The number of thiophene rings is 1. The van der Waals surface area contributed by atoms with Gasteiger partial charge in [-0.05, 0) is 19.4 Å². The summed E-state index contributed by atoms with van der Waals surface area (Å²) in [5.74, 6) is -0.875. The van der Waals surface area contributed by atoms with E-state index in [0.717, 1.165) is 5.56 Å².